The van der Waals surface area contributed by atoms with Crippen molar-refractivity contribution in [2.24, 2.45) is 0 Å². The van der Waals surface area contributed by atoms with Gasteiger partial charge in [0.25, 0.3) is 5.91 Å². The monoisotopic (exact) mass is 368 g/mol. The second-order valence-corrected chi connectivity index (χ2v) is 6.52. The van der Waals surface area contributed by atoms with Crippen molar-refractivity contribution < 1.29 is 14.3 Å². The molecule has 1 amide bonds. The fourth-order valence-electron chi connectivity index (χ4n) is 2.30. The van der Waals surface area contributed by atoms with E-state index in [9.17, 15) is 9.59 Å². The number of rotatable bonds is 8. The second kappa shape index (κ2) is 10.3. The highest BCUT2D eigenvalue weighted by molar-refractivity contribution is 8.00. The predicted octanol–water partition coefficient (Wildman–Crippen LogP) is 3.66. The van der Waals surface area contributed by atoms with Gasteiger partial charge in [-0.05, 0) is 31.2 Å². The van der Waals surface area contributed by atoms with Gasteiger partial charge in [0, 0.05) is 17.1 Å². The Morgan fingerprint density at radius 2 is 1.73 bits per heavy atom. The third-order valence-electron chi connectivity index (χ3n) is 3.54. The number of ether oxygens (including phenoxy) is 1. The number of amides is 1. The smallest absolute Gasteiger partial charge is 0.317 e. The van der Waals surface area contributed by atoms with Gasteiger partial charge in [0.05, 0.1) is 18.2 Å². The van der Waals surface area contributed by atoms with E-state index >= 15 is 0 Å². The molecule has 0 aliphatic carbocycles. The van der Waals surface area contributed by atoms with Gasteiger partial charge in [-0.2, -0.15) is 5.26 Å². The third kappa shape index (κ3) is 5.94. The molecule has 0 fully saturated rings. The van der Waals surface area contributed by atoms with E-state index in [2.05, 4.69) is 0 Å². The average molecular weight is 368 g/mol. The van der Waals surface area contributed by atoms with Crippen LogP contribution in [0.2, 0.25) is 0 Å². The zero-order valence-corrected chi connectivity index (χ0v) is 15.3. The number of thioether (sulfide) groups is 1. The van der Waals surface area contributed by atoms with Crippen LogP contribution in [0.1, 0.15) is 13.3 Å². The fraction of sp³-hybridized carbons (Fsp3) is 0.250. The maximum atomic E-state index is 12.7. The number of para-hydroxylation sites is 1. The fourth-order valence-corrected chi connectivity index (χ4v) is 3.00. The normalized spacial score (nSPS) is 11.2. The molecule has 134 valence electrons. The van der Waals surface area contributed by atoms with Crippen LogP contribution in [0.3, 0.4) is 0 Å². The molecule has 0 aliphatic rings. The highest BCUT2D eigenvalue weighted by Gasteiger charge is 2.24. The van der Waals surface area contributed by atoms with E-state index in [1.807, 2.05) is 54.6 Å². The maximum Gasteiger partial charge on any atom is 0.317 e. The van der Waals surface area contributed by atoms with Crippen molar-refractivity contribution in [3.05, 3.63) is 60.7 Å². The molecule has 0 aromatic heterocycles. The number of anilines is 1. The molecule has 0 spiro atoms. The summed E-state index contributed by atoms with van der Waals surface area (Å²) in [7, 11) is 0. The molecule has 0 N–H and O–H groups in total. The maximum absolute atomic E-state index is 12.7. The first-order valence-electron chi connectivity index (χ1n) is 8.22. The van der Waals surface area contributed by atoms with Crippen LogP contribution in [0.5, 0.6) is 0 Å². The molecule has 6 heteroatoms. The molecule has 1 atom stereocenters. The lowest BCUT2D eigenvalue weighted by molar-refractivity contribution is -0.151. The van der Waals surface area contributed by atoms with Crippen molar-refractivity contribution >= 4 is 29.3 Å². The molecule has 26 heavy (non-hydrogen) atoms. The van der Waals surface area contributed by atoms with Crippen molar-refractivity contribution in [1.82, 2.24) is 0 Å². The van der Waals surface area contributed by atoms with Crippen LogP contribution in [0.4, 0.5) is 5.69 Å². The van der Waals surface area contributed by atoms with Crippen molar-refractivity contribution in [3.8, 4) is 6.07 Å². The number of carbonyl (C=O) groups excluding carboxylic acids is 2. The molecular formula is C20H20N2O3S. The Morgan fingerprint density at radius 3 is 2.35 bits per heavy atom. The summed E-state index contributed by atoms with van der Waals surface area (Å²) in [5.41, 5.74) is 0.675. The van der Waals surface area contributed by atoms with Gasteiger partial charge in [0.15, 0.2) is 6.10 Å². The minimum Gasteiger partial charge on any atom is -0.452 e. The van der Waals surface area contributed by atoms with Crippen LogP contribution in [-0.4, -0.2) is 30.3 Å². The van der Waals surface area contributed by atoms with Crippen LogP contribution in [0, 0.1) is 11.3 Å². The number of benzene rings is 2. The van der Waals surface area contributed by atoms with E-state index in [1.54, 1.807) is 19.1 Å². The molecule has 0 aliphatic heterocycles. The predicted molar refractivity (Wildman–Crippen MR) is 102 cm³/mol. The second-order valence-electron chi connectivity index (χ2n) is 5.47. The first kappa shape index (κ1) is 19.5. The lowest BCUT2D eigenvalue weighted by Crippen LogP contribution is -2.41. The Morgan fingerprint density at radius 1 is 1.12 bits per heavy atom. The van der Waals surface area contributed by atoms with Crippen LogP contribution in [0.15, 0.2) is 65.6 Å². The van der Waals surface area contributed by atoms with Gasteiger partial charge < -0.3 is 9.64 Å². The molecule has 2 aromatic rings. The molecule has 2 rings (SSSR count). The van der Waals surface area contributed by atoms with Gasteiger partial charge in [-0.3, -0.25) is 9.59 Å². The van der Waals surface area contributed by atoms with Crippen molar-refractivity contribution in [2.45, 2.75) is 24.3 Å². The summed E-state index contributed by atoms with van der Waals surface area (Å²) in [6.45, 7) is 1.80. The lowest BCUT2D eigenvalue weighted by atomic mass is 10.2. The van der Waals surface area contributed by atoms with Crippen molar-refractivity contribution in [2.75, 3.05) is 17.2 Å². The Labute approximate surface area is 157 Å². The van der Waals surface area contributed by atoms with E-state index in [-0.39, 0.29) is 24.6 Å². The molecule has 0 radical (unpaired) electrons. The SMILES string of the molecule is C[C@H](OC(=O)CSc1ccccc1)C(=O)N(CCC#N)c1ccccc1. The summed E-state index contributed by atoms with van der Waals surface area (Å²) in [5.74, 6) is -0.664. The first-order valence-corrected chi connectivity index (χ1v) is 9.21. The highest BCUT2D eigenvalue weighted by Crippen LogP contribution is 2.19. The van der Waals surface area contributed by atoms with Gasteiger partial charge >= 0.3 is 5.97 Å². The summed E-state index contributed by atoms with van der Waals surface area (Å²) < 4.78 is 5.28. The molecule has 0 saturated carbocycles. The molecule has 0 unspecified atom stereocenters. The van der Waals surface area contributed by atoms with Crippen LogP contribution in [0.25, 0.3) is 0 Å². The molecule has 0 bridgehead atoms. The minimum absolute atomic E-state index is 0.130. The first-order chi connectivity index (χ1) is 12.6. The van der Waals surface area contributed by atoms with E-state index in [0.29, 0.717) is 5.69 Å². The molecule has 0 heterocycles. The van der Waals surface area contributed by atoms with Gasteiger partial charge in [0.1, 0.15) is 0 Å². The highest BCUT2D eigenvalue weighted by atomic mass is 32.2. The topological polar surface area (TPSA) is 70.4 Å². The summed E-state index contributed by atoms with van der Waals surface area (Å²) in [6, 6.07) is 20.6. The van der Waals surface area contributed by atoms with Crippen molar-refractivity contribution in [1.29, 1.82) is 5.26 Å². The average Bonchev–Trinajstić information content (AvgIpc) is 2.68. The third-order valence-corrected chi connectivity index (χ3v) is 4.52. The Kier molecular flexibility index (Phi) is 7.72. The van der Waals surface area contributed by atoms with Gasteiger partial charge in [0.2, 0.25) is 0 Å². The summed E-state index contributed by atoms with van der Waals surface area (Å²) in [5, 5.41) is 8.83. The Bertz CT molecular complexity index is 760. The lowest BCUT2D eigenvalue weighted by Gasteiger charge is -2.25. The molecule has 0 saturated heterocycles. The van der Waals surface area contributed by atoms with Gasteiger partial charge in [-0.1, -0.05) is 36.4 Å². The molecule has 5 nitrogen and oxygen atoms in total. The number of esters is 1. The van der Waals surface area contributed by atoms with Crippen LogP contribution >= 0.6 is 11.8 Å². The summed E-state index contributed by atoms with van der Waals surface area (Å²) in [4.78, 5) is 27.2. The standard InChI is InChI=1S/C20H20N2O3S/c1-16(25-19(23)15-26-18-11-6-3-7-12-18)20(24)22(14-8-13-21)17-9-4-2-5-10-17/h2-7,9-12,16H,8,14-15H2,1H3/t16-/m0/s1. The Balaban J connectivity index is 1.94. The zero-order valence-electron chi connectivity index (χ0n) is 14.5. The summed E-state index contributed by atoms with van der Waals surface area (Å²) in [6.07, 6.45) is -0.719. The number of carbonyl (C=O) groups is 2. The van der Waals surface area contributed by atoms with E-state index in [4.69, 9.17) is 10.00 Å². The number of hydrogen-bond donors (Lipinski definition) is 0. The largest absolute Gasteiger partial charge is 0.452 e. The number of nitrogens with zero attached hydrogens (tertiary/aromatic N) is 2. The van der Waals surface area contributed by atoms with Crippen molar-refractivity contribution in [3.63, 3.8) is 0 Å². The zero-order chi connectivity index (χ0) is 18.8. The summed E-state index contributed by atoms with van der Waals surface area (Å²) >= 11 is 1.36. The quantitative estimate of drug-likeness (QED) is 0.525. The number of hydrogen-bond acceptors (Lipinski definition) is 5. The Hall–Kier alpha value is -2.78. The van der Waals surface area contributed by atoms with Gasteiger partial charge in [-0.15, -0.1) is 11.8 Å². The van der Waals surface area contributed by atoms with Crippen LogP contribution in [-0.2, 0) is 14.3 Å². The molecular weight excluding hydrogens is 348 g/mol. The van der Waals surface area contributed by atoms with E-state index < -0.39 is 12.1 Å². The van der Waals surface area contributed by atoms with Gasteiger partial charge in [-0.25, -0.2) is 0 Å². The van der Waals surface area contributed by atoms with Crippen LogP contribution < -0.4 is 4.90 Å². The number of nitriles is 1. The van der Waals surface area contributed by atoms with E-state index in [0.717, 1.165) is 4.90 Å². The molecule has 2 aromatic carbocycles. The minimum atomic E-state index is -0.919. The van der Waals surface area contributed by atoms with E-state index in [1.165, 1.54) is 16.7 Å².